The minimum atomic E-state index is -0.259. The van der Waals surface area contributed by atoms with Gasteiger partial charge in [0.1, 0.15) is 5.78 Å². The average Bonchev–Trinajstić information content (AvgIpc) is 1.75. The van der Waals surface area contributed by atoms with Gasteiger partial charge in [-0.2, -0.15) is 0 Å². The van der Waals surface area contributed by atoms with E-state index in [-0.39, 0.29) is 16.9 Å². The van der Waals surface area contributed by atoms with Crippen molar-refractivity contribution in [2.24, 2.45) is 5.73 Å². The van der Waals surface area contributed by atoms with Gasteiger partial charge < -0.3 is 10.6 Å². The molecule has 1 aliphatic heterocycles. The summed E-state index contributed by atoms with van der Waals surface area (Å²) in [6.07, 6.45) is 1.04. The normalized spacial score (nSPS) is 24.9. The van der Waals surface area contributed by atoms with Crippen LogP contribution in [-0.2, 0) is 4.79 Å². The number of hydrogen-bond donors (Lipinski definition) is 1. The molecule has 0 bridgehead atoms. The molecular weight excluding hydrogens is 196 g/mol. The van der Waals surface area contributed by atoms with E-state index in [2.05, 4.69) is 0 Å². The molecule has 1 aliphatic rings. The predicted octanol–water partition coefficient (Wildman–Crippen LogP) is 1.45. The van der Waals surface area contributed by atoms with E-state index in [0.29, 0.717) is 18.0 Å². The van der Waals surface area contributed by atoms with Gasteiger partial charge in [0.15, 0.2) is 5.11 Å². The molecule has 0 spiro atoms. The van der Waals surface area contributed by atoms with Gasteiger partial charge in [0.05, 0.1) is 0 Å². The van der Waals surface area contributed by atoms with Crippen LogP contribution in [-0.4, -0.2) is 26.9 Å². The molecule has 2 N–H and O–H groups in total. The Bertz CT molecular complexity index is 264. The molecule has 3 nitrogen and oxygen atoms in total. The minimum absolute atomic E-state index is 0.259. The van der Waals surface area contributed by atoms with Crippen LogP contribution in [0.5, 0.6) is 0 Å². The molecule has 0 aliphatic carbocycles. The fourth-order valence-corrected chi connectivity index (χ4v) is 3.10. The summed E-state index contributed by atoms with van der Waals surface area (Å²) in [7, 11) is 0. The molecule has 0 atom stereocenters. The van der Waals surface area contributed by atoms with E-state index in [9.17, 15) is 4.79 Å². The maximum atomic E-state index is 11.6. The van der Waals surface area contributed by atoms with Crippen LogP contribution < -0.4 is 5.73 Å². The summed E-state index contributed by atoms with van der Waals surface area (Å²) in [5.41, 5.74) is 5.19. The molecule has 0 radical (unpaired) electrons. The maximum absolute atomic E-state index is 11.6. The van der Waals surface area contributed by atoms with Crippen LogP contribution in [0.25, 0.3) is 0 Å². The van der Waals surface area contributed by atoms with Crippen molar-refractivity contribution in [3.63, 3.8) is 0 Å². The SMILES string of the molecule is CC1(C)CC(=O)CC(C)(C)N1C(N)=S. The molecule has 1 saturated heterocycles. The smallest absolute Gasteiger partial charge is 0.167 e. The lowest BCUT2D eigenvalue weighted by Gasteiger charge is -2.52. The number of rotatable bonds is 0. The second-order valence-electron chi connectivity index (χ2n) is 5.19. The number of carbonyl (C=O) groups excluding carboxylic acids is 1. The van der Waals surface area contributed by atoms with Gasteiger partial charge >= 0.3 is 0 Å². The van der Waals surface area contributed by atoms with Gasteiger partial charge in [0, 0.05) is 23.9 Å². The Balaban J connectivity index is 3.09. The molecule has 0 aromatic carbocycles. The highest BCUT2D eigenvalue weighted by atomic mass is 32.1. The van der Waals surface area contributed by atoms with Crippen molar-refractivity contribution in [3.8, 4) is 0 Å². The Morgan fingerprint density at radius 1 is 1.29 bits per heavy atom. The van der Waals surface area contributed by atoms with Crippen LogP contribution in [0.3, 0.4) is 0 Å². The molecule has 0 aromatic heterocycles. The van der Waals surface area contributed by atoms with Crippen LogP contribution in [0.2, 0.25) is 0 Å². The van der Waals surface area contributed by atoms with E-state index in [0.717, 1.165) is 0 Å². The van der Waals surface area contributed by atoms with Crippen molar-refractivity contribution in [1.82, 2.24) is 4.90 Å². The third-order valence-corrected chi connectivity index (χ3v) is 2.87. The van der Waals surface area contributed by atoms with Crippen molar-refractivity contribution >= 4 is 23.1 Å². The van der Waals surface area contributed by atoms with E-state index in [1.54, 1.807) is 0 Å². The molecule has 80 valence electrons. The number of piperidine rings is 1. The summed E-state index contributed by atoms with van der Waals surface area (Å²) in [6, 6.07) is 0. The maximum Gasteiger partial charge on any atom is 0.167 e. The van der Waals surface area contributed by atoms with Crippen molar-refractivity contribution in [1.29, 1.82) is 0 Å². The molecule has 0 aromatic rings. The van der Waals surface area contributed by atoms with Crippen LogP contribution in [0.4, 0.5) is 0 Å². The Labute approximate surface area is 90.6 Å². The first-order chi connectivity index (χ1) is 6.17. The lowest BCUT2D eigenvalue weighted by Crippen LogP contribution is -2.64. The summed E-state index contributed by atoms with van der Waals surface area (Å²) in [5, 5.41) is 0.382. The standard InChI is InChI=1S/C10H18N2OS/c1-9(2)5-7(13)6-10(3,4)12(9)8(11)14/h5-6H2,1-4H3,(H2,11,14). The zero-order valence-corrected chi connectivity index (χ0v) is 10.1. The number of carbonyl (C=O) groups is 1. The van der Waals surface area contributed by atoms with Gasteiger partial charge in [-0.15, -0.1) is 0 Å². The fourth-order valence-electron chi connectivity index (χ4n) is 2.60. The third kappa shape index (κ3) is 1.90. The van der Waals surface area contributed by atoms with Crippen molar-refractivity contribution in [3.05, 3.63) is 0 Å². The number of nitrogens with zero attached hydrogens (tertiary/aromatic N) is 1. The highest BCUT2D eigenvalue weighted by Crippen LogP contribution is 2.36. The first kappa shape index (κ1) is 11.4. The lowest BCUT2D eigenvalue weighted by molar-refractivity contribution is -0.128. The van der Waals surface area contributed by atoms with E-state index in [4.69, 9.17) is 18.0 Å². The van der Waals surface area contributed by atoms with Gasteiger partial charge in [-0.25, -0.2) is 0 Å². The molecule has 0 amide bonds. The molecule has 0 saturated carbocycles. The Morgan fingerprint density at radius 3 is 1.93 bits per heavy atom. The van der Waals surface area contributed by atoms with Gasteiger partial charge in [-0.3, -0.25) is 4.79 Å². The number of Topliss-reactive ketones (excluding diaryl/α,β-unsaturated/α-hetero) is 1. The average molecular weight is 214 g/mol. The number of hydrogen-bond acceptors (Lipinski definition) is 2. The quantitative estimate of drug-likeness (QED) is 0.620. The van der Waals surface area contributed by atoms with E-state index >= 15 is 0 Å². The summed E-state index contributed by atoms with van der Waals surface area (Å²) in [5.74, 6) is 0.285. The summed E-state index contributed by atoms with van der Waals surface area (Å²) in [6.45, 7) is 8.02. The van der Waals surface area contributed by atoms with Gasteiger partial charge in [-0.1, -0.05) is 0 Å². The molecule has 1 heterocycles. The highest BCUT2D eigenvalue weighted by Gasteiger charge is 2.45. The number of likely N-dealkylation sites (tertiary alicyclic amines) is 1. The largest absolute Gasteiger partial charge is 0.376 e. The second-order valence-corrected chi connectivity index (χ2v) is 5.61. The molecule has 1 fully saturated rings. The summed E-state index contributed by atoms with van der Waals surface area (Å²) >= 11 is 5.04. The van der Waals surface area contributed by atoms with Gasteiger partial charge in [-0.05, 0) is 39.9 Å². The summed E-state index contributed by atoms with van der Waals surface area (Å²) in [4.78, 5) is 13.5. The van der Waals surface area contributed by atoms with Crippen molar-refractivity contribution in [2.45, 2.75) is 51.6 Å². The van der Waals surface area contributed by atoms with E-state index in [1.165, 1.54) is 0 Å². The fraction of sp³-hybridized carbons (Fsp3) is 0.800. The molecule has 14 heavy (non-hydrogen) atoms. The van der Waals surface area contributed by atoms with Gasteiger partial charge in [0.25, 0.3) is 0 Å². The second kappa shape index (κ2) is 3.19. The summed E-state index contributed by atoms with van der Waals surface area (Å²) < 4.78 is 0. The zero-order valence-electron chi connectivity index (χ0n) is 9.26. The van der Waals surface area contributed by atoms with Crippen LogP contribution in [0.1, 0.15) is 40.5 Å². The first-order valence-electron chi connectivity index (χ1n) is 4.78. The molecular formula is C10H18N2OS. The Kier molecular flexibility index (Phi) is 2.61. The monoisotopic (exact) mass is 214 g/mol. The van der Waals surface area contributed by atoms with Gasteiger partial charge in [0.2, 0.25) is 0 Å². The van der Waals surface area contributed by atoms with Crippen molar-refractivity contribution < 1.29 is 4.79 Å². The number of ketones is 1. The number of thiocarbonyl (C=S) groups is 1. The topological polar surface area (TPSA) is 46.3 Å². The molecule has 0 unspecified atom stereocenters. The molecule has 1 rings (SSSR count). The third-order valence-electron chi connectivity index (χ3n) is 2.69. The van der Waals surface area contributed by atoms with Crippen LogP contribution >= 0.6 is 12.2 Å². The Morgan fingerprint density at radius 2 is 1.64 bits per heavy atom. The van der Waals surface area contributed by atoms with E-state index in [1.807, 2.05) is 32.6 Å². The number of nitrogens with two attached hydrogens (primary N) is 1. The molecule has 4 heteroatoms. The van der Waals surface area contributed by atoms with E-state index < -0.39 is 0 Å². The first-order valence-corrected chi connectivity index (χ1v) is 5.19. The Hall–Kier alpha value is -0.640. The van der Waals surface area contributed by atoms with Crippen molar-refractivity contribution in [2.75, 3.05) is 0 Å². The minimum Gasteiger partial charge on any atom is -0.376 e. The van der Waals surface area contributed by atoms with Crippen LogP contribution in [0, 0.1) is 0 Å². The highest BCUT2D eigenvalue weighted by molar-refractivity contribution is 7.80. The van der Waals surface area contributed by atoms with Crippen LogP contribution in [0.15, 0.2) is 0 Å². The predicted molar refractivity (Wildman–Crippen MR) is 61.0 cm³/mol. The zero-order chi connectivity index (χ0) is 11.1. The lowest BCUT2D eigenvalue weighted by atomic mass is 9.79.